The molecule has 6 nitrogen and oxygen atoms in total. The first-order valence-electron chi connectivity index (χ1n) is 7.39. The molecule has 0 aliphatic rings. The van der Waals surface area contributed by atoms with Crippen molar-refractivity contribution in [2.75, 3.05) is 11.9 Å². The molecule has 0 bridgehead atoms. The second-order valence-electron chi connectivity index (χ2n) is 5.23. The molecule has 1 heterocycles. The smallest absolute Gasteiger partial charge is 0.351 e. The highest BCUT2D eigenvalue weighted by Crippen LogP contribution is 2.18. The highest BCUT2D eigenvalue weighted by Gasteiger charge is 2.17. The fraction of sp³-hybridized carbons (Fsp3) is 0.0556. The van der Waals surface area contributed by atoms with Gasteiger partial charge in [0, 0.05) is 10.4 Å². The van der Waals surface area contributed by atoms with Crippen LogP contribution in [0.5, 0.6) is 0 Å². The van der Waals surface area contributed by atoms with Crippen LogP contribution in [0.4, 0.5) is 10.1 Å². The van der Waals surface area contributed by atoms with Crippen LogP contribution in [0.15, 0.2) is 57.7 Å². The van der Waals surface area contributed by atoms with Crippen molar-refractivity contribution in [3.8, 4) is 0 Å². The Morgan fingerprint density at radius 3 is 2.69 bits per heavy atom. The van der Waals surface area contributed by atoms with Gasteiger partial charge in [0.1, 0.15) is 17.0 Å². The molecular weight excluding hydrogens is 365 g/mol. The van der Waals surface area contributed by atoms with Crippen LogP contribution in [0, 0.1) is 5.82 Å². The highest BCUT2D eigenvalue weighted by molar-refractivity contribution is 6.30. The molecule has 1 amide bonds. The monoisotopic (exact) mass is 375 g/mol. The lowest BCUT2D eigenvalue weighted by atomic mass is 10.2. The Morgan fingerprint density at radius 2 is 1.92 bits per heavy atom. The largest absolute Gasteiger partial charge is 0.452 e. The quantitative estimate of drug-likeness (QED) is 0.558. The Balaban J connectivity index is 1.67. The van der Waals surface area contributed by atoms with Crippen molar-refractivity contribution in [1.29, 1.82) is 0 Å². The molecule has 1 N–H and O–H groups in total. The summed E-state index contributed by atoms with van der Waals surface area (Å²) in [6.07, 6.45) is 0. The van der Waals surface area contributed by atoms with Crippen LogP contribution in [0.3, 0.4) is 0 Å². The molecule has 1 aromatic heterocycles. The number of rotatable bonds is 4. The number of amides is 1. The summed E-state index contributed by atoms with van der Waals surface area (Å²) in [5.74, 6) is -2.52. The Bertz CT molecular complexity index is 1060. The van der Waals surface area contributed by atoms with Crippen molar-refractivity contribution in [1.82, 2.24) is 0 Å². The van der Waals surface area contributed by atoms with E-state index in [1.165, 1.54) is 18.2 Å². The molecule has 0 aliphatic carbocycles. The number of hydrogen-bond donors (Lipinski definition) is 1. The summed E-state index contributed by atoms with van der Waals surface area (Å²) in [7, 11) is 0. The number of carbonyl (C=O) groups excluding carboxylic acids is 2. The minimum Gasteiger partial charge on any atom is -0.452 e. The van der Waals surface area contributed by atoms with E-state index < -0.39 is 29.9 Å². The molecule has 2 aromatic carbocycles. The minimum atomic E-state index is -1.02. The zero-order valence-corrected chi connectivity index (χ0v) is 13.9. The lowest BCUT2D eigenvalue weighted by Gasteiger charge is -2.07. The van der Waals surface area contributed by atoms with E-state index in [9.17, 15) is 18.8 Å². The number of fused-ring (bicyclic) bond motifs is 1. The number of nitrogens with one attached hydrogen (secondary N) is 1. The predicted molar refractivity (Wildman–Crippen MR) is 92.8 cm³/mol. The normalized spacial score (nSPS) is 10.5. The fourth-order valence-corrected chi connectivity index (χ4v) is 2.35. The van der Waals surface area contributed by atoms with Gasteiger partial charge < -0.3 is 14.5 Å². The van der Waals surface area contributed by atoms with E-state index in [1.54, 1.807) is 24.3 Å². The van der Waals surface area contributed by atoms with Gasteiger partial charge in [-0.3, -0.25) is 4.79 Å². The number of ether oxygens (including phenoxy) is 1. The number of benzene rings is 2. The minimum absolute atomic E-state index is 0.110. The van der Waals surface area contributed by atoms with E-state index in [4.69, 9.17) is 20.8 Å². The van der Waals surface area contributed by atoms with Crippen molar-refractivity contribution < 1.29 is 23.1 Å². The molecule has 0 fully saturated rings. The second kappa shape index (κ2) is 7.37. The Hall–Kier alpha value is -3.19. The first-order valence-corrected chi connectivity index (χ1v) is 7.77. The van der Waals surface area contributed by atoms with Gasteiger partial charge in [-0.2, -0.15) is 0 Å². The molecule has 132 valence electrons. The van der Waals surface area contributed by atoms with Crippen LogP contribution in [0.2, 0.25) is 5.02 Å². The summed E-state index contributed by atoms with van der Waals surface area (Å²) in [4.78, 5) is 35.7. The van der Waals surface area contributed by atoms with Crippen molar-refractivity contribution in [3.05, 3.63) is 75.4 Å². The molecule has 0 saturated carbocycles. The van der Waals surface area contributed by atoms with Gasteiger partial charge in [-0.25, -0.2) is 14.0 Å². The Kier molecular flexibility index (Phi) is 4.99. The number of hydrogen-bond acceptors (Lipinski definition) is 5. The summed E-state index contributed by atoms with van der Waals surface area (Å²) >= 11 is 5.62. The number of halogens is 2. The van der Waals surface area contributed by atoms with Crippen molar-refractivity contribution in [3.63, 3.8) is 0 Å². The maximum atomic E-state index is 13.6. The van der Waals surface area contributed by atoms with E-state index in [2.05, 4.69) is 5.32 Å². The lowest BCUT2D eigenvalue weighted by molar-refractivity contribution is -0.119. The third kappa shape index (κ3) is 3.89. The summed E-state index contributed by atoms with van der Waals surface area (Å²) in [5.41, 5.74) is -1.00. The molecule has 3 rings (SSSR count). The van der Waals surface area contributed by atoms with Gasteiger partial charge >= 0.3 is 11.6 Å². The zero-order valence-electron chi connectivity index (χ0n) is 13.1. The highest BCUT2D eigenvalue weighted by atomic mass is 35.5. The average molecular weight is 376 g/mol. The number of para-hydroxylation sites is 1. The molecule has 8 heteroatoms. The van der Waals surface area contributed by atoms with Crippen LogP contribution in [0.1, 0.15) is 10.4 Å². The van der Waals surface area contributed by atoms with Gasteiger partial charge in [0.25, 0.3) is 5.91 Å². The molecular formula is C18H11ClFNO5. The summed E-state index contributed by atoms with van der Waals surface area (Å²) < 4.78 is 23.4. The number of anilines is 1. The molecule has 0 radical (unpaired) electrons. The molecule has 0 saturated heterocycles. The van der Waals surface area contributed by atoms with Gasteiger partial charge in [0.15, 0.2) is 6.61 Å². The topological polar surface area (TPSA) is 85.6 Å². The van der Waals surface area contributed by atoms with E-state index in [-0.39, 0.29) is 16.3 Å². The lowest BCUT2D eigenvalue weighted by Crippen LogP contribution is -2.24. The van der Waals surface area contributed by atoms with Crippen molar-refractivity contribution >= 4 is 40.1 Å². The molecule has 26 heavy (non-hydrogen) atoms. The van der Waals surface area contributed by atoms with Gasteiger partial charge in [-0.15, -0.1) is 0 Å². The first-order chi connectivity index (χ1) is 12.4. The van der Waals surface area contributed by atoms with Crippen LogP contribution in [-0.4, -0.2) is 18.5 Å². The number of esters is 1. The summed E-state index contributed by atoms with van der Waals surface area (Å²) in [5, 5.41) is 2.95. The van der Waals surface area contributed by atoms with Gasteiger partial charge in [0.2, 0.25) is 0 Å². The summed E-state index contributed by atoms with van der Waals surface area (Å²) in [6.45, 7) is -0.701. The van der Waals surface area contributed by atoms with Gasteiger partial charge in [-0.1, -0.05) is 29.8 Å². The van der Waals surface area contributed by atoms with Crippen molar-refractivity contribution in [2.45, 2.75) is 0 Å². The molecule has 0 aliphatic heterocycles. The van der Waals surface area contributed by atoms with E-state index in [0.29, 0.717) is 11.0 Å². The van der Waals surface area contributed by atoms with E-state index in [0.717, 1.165) is 6.07 Å². The van der Waals surface area contributed by atoms with E-state index in [1.807, 2.05) is 0 Å². The maximum absolute atomic E-state index is 13.6. The third-order valence-electron chi connectivity index (χ3n) is 3.40. The fourth-order valence-electron chi connectivity index (χ4n) is 2.19. The molecule has 0 spiro atoms. The van der Waals surface area contributed by atoms with Crippen LogP contribution in [0.25, 0.3) is 11.0 Å². The Morgan fingerprint density at radius 1 is 1.15 bits per heavy atom. The van der Waals surface area contributed by atoms with Crippen LogP contribution < -0.4 is 10.9 Å². The predicted octanol–water partition coefficient (Wildman–Crippen LogP) is 3.38. The van der Waals surface area contributed by atoms with Crippen LogP contribution >= 0.6 is 11.6 Å². The van der Waals surface area contributed by atoms with Gasteiger partial charge in [-0.05, 0) is 30.3 Å². The van der Waals surface area contributed by atoms with Crippen molar-refractivity contribution in [2.24, 2.45) is 0 Å². The molecule has 0 unspecified atom stereocenters. The number of carbonyl (C=O) groups is 2. The Labute approximate surface area is 151 Å². The SMILES string of the molecule is O=C(COC(=O)c1cc2ccccc2oc1=O)Nc1ccc(Cl)cc1F. The van der Waals surface area contributed by atoms with E-state index >= 15 is 0 Å². The molecule has 3 aromatic rings. The summed E-state index contributed by atoms with van der Waals surface area (Å²) in [6, 6.07) is 11.7. The average Bonchev–Trinajstić information content (AvgIpc) is 2.61. The van der Waals surface area contributed by atoms with Crippen LogP contribution in [-0.2, 0) is 9.53 Å². The molecule has 0 atom stereocenters. The second-order valence-corrected chi connectivity index (χ2v) is 5.67. The standard InChI is InChI=1S/C18H11ClFNO5/c19-11-5-6-14(13(20)8-11)21-16(22)9-25-17(23)12-7-10-3-1-2-4-15(10)26-18(12)24/h1-8H,9H2,(H,21,22). The van der Waals surface area contributed by atoms with Gasteiger partial charge in [0.05, 0.1) is 5.69 Å². The first kappa shape index (κ1) is 17.6. The maximum Gasteiger partial charge on any atom is 0.351 e. The third-order valence-corrected chi connectivity index (χ3v) is 3.64. The zero-order chi connectivity index (χ0) is 18.7.